The highest BCUT2D eigenvalue weighted by Gasteiger charge is 2.82. The van der Waals surface area contributed by atoms with Crippen molar-refractivity contribution in [3.05, 3.63) is 9.81 Å². The molecule has 0 saturated carbocycles. The van der Waals surface area contributed by atoms with Gasteiger partial charge >= 0.3 is 0 Å². The third-order valence-corrected chi connectivity index (χ3v) is 18.5. The van der Waals surface area contributed by atoms with Crippen LogP contribution in [0.1, 0.15) is 195 Å². The molecular weight excluding hydrogens is 927 g/mol. The quantitative estimate of drug-likeness (QED) is 0.0333. The summed E-state index contributed by atoms with van der Waals surface area (Å²) in [6, 6.07) is 0. The molecule has 0 aliphatic heterocycles. The van der Waals surface area contributed by atoms with Crippen LogP contribution < -0.4 is 10.2 Å². The van der Waals surface area contributed by atoms with Gasteiger partial charge in [-0.3, -0.25) is 18.2 Å². The molecule has 1 aliphatic carbocycles. The van der Waals surface area contributed by atoms with Gasteiger partial charge in [0.2, 0.25) is 0 Å². The second-order valence-corrected chi connectivity index (χ2v) is 23.7. The summed E-state index contributed by atoms with van der Waals surface area (Å²) in [5, 5.41) is 25.7. The molecule has 370 valence electrons. The Morgan fingerprint density at radius 3 is 1.11 bits per heavy atom. The Hall–Kier alpha value is -0.820. The van der Waals surface area contributed by atoms with Crippen LogP contribution in [0.4, 0.5) is 0 Å². The molecule has 0 spiro atoms. The van der Waals surface area contributed by atoms with Gasteiger partial charge in [0, 0.05) is 0 Å². The van der Waals surface area contributed by atoms with Crippen LogP contribution in [0.3, 0.4) is 0 Å². The first-order chi connectivity index (χ1) is 28.8. The maximum Gasteiger partial charge on any atom is 0.292 e. The lowest BCUT2D eigenvalue weighted by molar-refractivity contribution is -0.323. The number of aliphatic carboxylic acids is 2. The van der Waals surface area contributed by atoms with Crippen molar-refractivity contribution < 1.29 is 71.7 Å². The zero-order valence-corrected chi connectivity index (χ0v) is 44.0. The molecule has 0 aromatic rings. The lowest BCUT2D eigenvalue weighted by Gasteiger charge is -2.62. The standard InChI is InChI=1S/C20H34O16S4.2C10H23P/c1-4-7-10-18(17(23)24)15(38(28,29)30)14(37(25,26)27)13(16(21)22)19(11-8-5-2,39(31,32)33)20(18,12-9-6-3)40(34,35)36;2*1-2-3-4-5-6-7-8-9-10-11/h13H,4-12H2,1-3H3,(H,21,22)(H,23,24)(H,25,26,27)(H,28,29,30)(H,31,32,33)(H,34,35,36);2*2-11H2,1H3. The minimum absolute atomic E-state index is 0.123. The SMILES string of the molecule is CCCCC1(C(=O)[O-])C(S(=O)(=O)O)=C(S(=O)(=O)O)C(C(=O)[O-])C(CCCC)(S(=O)(=O)O)C1(CCCC)S(=O)(=O)O.CCCCCCCCCC[PH3+].CCCCCCCCCC[PH3+]. The zero-order valence-electron chi connectivity index (χ0n) is 37.9. The zero-order chi connectivity index (χ0) is 48.5. The monoisotopic (exact) mass is 1010 g/mol. The van der Waals surface area contributed by atoms with Gasteiger partial charge in [-0.2, -0.15) is 33.7 Å². The third kappa shape index (κ3) is 17.1. The van der Waals surface area contributed by atoms with E-state index in [9.17, 15) is 71.7 Å². The number of carbonyl (C=O) groups is 2. The Morgan fingerprint density at radius 2 is 0.839 bits per heavy atom. The van der Waals surface area contributed by atoms with E-state index in [-0.39, 0.29) is 19.3 Å². The Bertz CT molecular complexity index is 1770. The first-order valence-electron chi connectivity index (χ1n) is 22.4. The third-order valence-electron chi connectivity index (χ3n) is 11.6. The molecule has 0 radical (unpaired) electrons. The normalized spacial score (nSPS) is 22.1. The highest BCUT2D eigenvalue weighted by atomic mass is 32.2. The maximum absolute atomic E-state index is 13.5. The van der Waals surface area contributed by atoms with Gasteiger partial charge in [-0.25, -0.2) is 0 Å². The van der Waals surface area contributed by atoms with Crippen molar-refractivity contribution in [3.63, 3.8) is 0 Å². The molecule has 6 atom stereocenters. The highest BCUT2D eigenvalue weighted by Crippen LogP contribution is 2.67. The molecule has 16 nitrogen and oxygen atoms in total. The Labute approximate surface area is 378 Å². The van der Waals surface area contributed by atoms with Crippen molar-refractivity contribution in [1.29, 1.82) is 0 Å². The number of carboxylic acids is 2. The first kappa shape index (κ1) is 63.3. The number of carboxylic acid groups (broad SMARTS) is 2. The molecule has 62 heavy (non-hydrogen) atoms. The molecule has 0 amide bonds. The lowest BCUT2D eigenvalue weighted by Crippen LogP contribution is -2.80. The molecule has 0 saturated heterocycles. The van der Waals surface area contributed by atoms with E-state index in [0.29, 0.717) is 0 Å². The summed E-state index contributed by atoms with van der Waals surface area (Å²) in [5.41, 5.74) is -4.10. The van der Waals surface area contributed by atoms with Crippen LogP contribution in [0, 0.1) is 11.3 Å². The van der Waals surface area contributed by atoms with E-state index in [4.69, 9.17) is 0 Å². The summed E-state index contributed by atoms with van der Waals surface area (Å²) < 4.78 is 138. The van der Waals surface area contributed by atoms with Gasteiger partial charge in [0.25, 0.3) is 40.5 Å². The van der Waals surface area contributed by atoms with Gasteiger partial charge in [0.15, 0.2) is 0 Å². The predicted molar refractivity (Wildman–Crippen MR) is 250 cm³/mol. The van der Waals surface area contributed by atoms with Crippen LogP contribution >= 0.6 is 18.5 Å². The molecule has 0 aromatic carbocycles. The molecule has 0 bridgehead atoms. The highest BCUT2D eigenvalue weighted by molar-refractivity contribution is 7.95. The van der Waals surface area contributed by atoms with Crippen molar-refractivity contribution in [2.45, 2.75) is 205 Å². The molecule has 0 aromatic heterocycles. The molecule has 1 rings (SSSR count). The average Bonchev–Trinajstić information content (AvgIpc) is 3.16. The second kappa shape index (κ2) is 30.5. The van der Waals surface area contributed by atoms with Crippen molar-refractivity contribution in [1.82, 2.24) is 0 Å². The van der Waals surface area contributed by atoms with Crippen molar-refractivity contribution in [2.75, 3.05) is 12.3 Å². The van der Waals surface area contributed by atoms with Crippen LogP contribution in [0.15, 0.2) is 9.81 Å². The van der Waals surface area contributed by atoms with E-state index in [1.54, 1.807) is 0 Å². The average molecular weight is 1010 g/mol. The maximum atomic E-state index is 13.5. The number of hydrogen-bond acceptors (Lipinski definition) is 12. The van der Waals surface area contributed by atoms with E-state index in [2.05, 4.69) is 32.3 Å². The Morgan fingerprint density at radius 1 is 0.500 bits per heavy atom. The molecular formula is C40H80O16P2S4. The summed E-state index contributed by atoms with van der Waals surface area (Å²) in [4.78, 5) is 20.8. The second-order valence-electron chi connectivity index (χ2n) is 16.2. The number of carbonyl (C=O) groups excluding carboxylic acids is 2. The van der Waals surface area contributed by atoms with E-state index in [1.807, 2.05) is 0 Å². The lowest BCUT2D eigenvalue weighted by atomic mass is 9.55. The minimum atomic E-state index is -6.43. The Kier molecular flexibility index (Phi) is 31.1. The fraction of sp³-hybridized carbons (Fsp3) is 0.900. The molecule has 22 heteroatoms. The smallest absolute Gasteiger partial charge is 0.292 e. The van der Waals surface area contributed by atoms with Gasteiger partial charge in [-0.15, -0.1) is 0 Å². The predicted octanol–water partition coefficient (Wildman–Crippen LogP) is 6.38. The number of unbranched alkanes of at least 4 members (excludes halogenated alkanes) is 17. The fourth-order valence-corrected chi connectivity index (χ4v) is 16.3. The first-order valence-corrected chi connectivity index (χ1v) is 30.2. The summed E-state index contributed by atoms with van der Waals surface area (Å²) in [5.74, 6) is -9.42. The van der Waals surface area contributed by atoms with Gasteiger partial charge in [-0.1, -0.05) is 150 Å². The summed E-state index contributed by atoms with van der Waals surface area (Å²) in [6.07, 6.45) is 19.7. The molecule has 0 fully saturated rings. The topological polar surface area (TPSA) is 298 Å². The van der Waals surface area contributed by atoms with Gasteiger partial charge in [0.1, 0.15) is 14.4 Å². The van der Waals surface area contributed by atoms with Crippen LogP contribution in [0.25, 0.3) is 0 Å². The largest absolute Gasteiger partial charge is 0.549 e. The van der Waals surface area contributed by atoms with Crippen molar-refractivity contribution in [3.8, 4) is 0 Å². The number of hydrogen-bond donors (Lipinski definition) is 4. The molecule has 0 heterocycles. The summed E-state index contributed by atoms with van der Waals surface area (Å²) in [6.45, 7) is 8.61. The summed E-state index contributed by atoms with van der Waals surface area (Å²) >= 11 is 0. The minimum Gasteiger partial charge on any atom is -0.549 e. The van der Waals surface area contributed by atoms with Crippen LogP contribution in [-0.2, 0) is 50.1 Å². The van der Waals surface area contributed by atoms with Crippen LogP contribution in [-0.4, -0.2) is 85.6 Å². The van der Waals surface area contributed by atoms with E-state index in [0.717, 1.165) is 0 Å². The van der Waals surface area contributed by atoms with E-state index >= 15 is 0 Å². The van der Waals surface area contributed by atoms with Crippen molar-refractivity contribution in [2.24, 2.45) is 11.3 Å². The van der Waals surface area contributed by atoms with Crippen molar-refractivity contribution >= 4 is 70.9 Å². The van der Waals surface area contributed by atoms with Gasteiger partial charge in [-0.05, 0) is 63.4 Å². The fourth-order valence-electron chi connectivity index (χ4n) is 8.67. The molecule has 4 N–H and O–H groups in total. The van der Waals surface area contributed by atoms with Gasteiger partial charge in [0.05, 0.1) is 40.5 Å². The van der Waals surface area contributed by atoms with E-state index < -0.39 is 122 Å². The van der Waals surface area contributed by atoms with Gasteiger partial charge < -0.3 is 19.8 Å². The van der Waals surface area contributed by atoms with Crippen LogP contribution in [0.5, 0.6) is 0 Å². The van der Waals surface area contributed by atoms with Crippen LogP contribution in [0.2, 0.25) is 0 Å². The number of rotatable bonds is 31. The van der Waals surface area contributed by atoms with E-state index in [1.165, 1.54) is 136 Å². The molecule has 1 aliphatic rings. The Balaban J connectivity index is 0. The molecule has 6 unspecified atom stereocenters. The summed E-state index contributed by atoms with van der Waals surface area (Å²) in [7, 11) is -21.4.